The molecular formula is C14H11BrClFO. The van der Waals surface area contributed by atoms with Gasteiger partial charge in [-0.3, -0.25) is 0 Å². The van der Waals surface area contributed by atoms with E-state index in [-0.39, 0.29) is 11.6 Å². The van der Waals surface area contributed by atoms with E-state index in [0.717, 1.165) is 11.1 Å². The van der Waals surface area contributed by atoms with Crippen LogP contribution in [0.2, 0.25) is 5.02 Å². The van der Waals surface area contributed by atoms with Gasteiger partial charge in [0.1, 0.15) is 5.75 Å². The molecule has 2 aromatic rings. The third-order valence-electron chi connectivity index (χ3n) is 2.54. The van der Waals surface area contributed by atoms with Gasteiger partial charge in [-0.1, -0.05) is 39.7 Å². The monoisotopic (exact) mass is 328 g/mol. The van der Waals surface area contributed by atoms with Gasteiger partial charge in [-0.25, -0.2) is 4.39 Å². The van der Waals surface area contributed by atoms with Crippen molar-refractivity contribution in [1.29, 1.82) is 0 Å². The van der Waals surface area contributed by atoms with E-state index in [1.807, 2.05) is 13.0 Å². The van der Waals surface area contributed by atoms with Gasteiger partial charge in [0.15, 0.2) is 11.6 Å². The highest BCUT2D eigenvalue weighted by molar-refractivity contribution is 9.08. The summed E-state index contributed by atoms with van der Waals surface area (Å²) in [4.78, 5) is 0. The molecule has 94 valence electrons. The second kappa shape index (κ2) is 5.72. The maximum absolute atomic E-state index is 13.7. The zero-order valence-electron chi connectivity index (χ0n) is 9.71. The molecule has 0 atom stereocenters. The van der Waals surface area contributed by atoms with Gasteiger partial charge in [-0.15, -0.1) is 0 Å². The molecule has 18 heavy (non-hydrogen) atoms. The minimum Gasteiger partial charge on any atom is -0.454 e. The Morgan fingerprint density at radius 2 is 2.06 bits per heavy atom. The fourth-order valence-electron chi connectivity index (χ4n) is 1.57. The Balaban J connectivity index is 2.36. The highest BCUT2D eigenvalue weighted by Gasteiger charge is 2.10. The minimum atomic E-state index is -0.375. The molecule has 0 aliphatic heterocycles. The molecule has 0 N–H and O–H groups in total. The van der Waals surface area contributed by atoms with Crippen molar-refractivity contribution in [3.63, 3.8) is 0 Å². The average molecular weight is 330 g/mol. The summed E-state index contributed by atoms with van der Waals surface area (Å²) in [5, 5.41) is 1.20. The molecule has 0 saturated heterocycles. The van der Waals surface area contributed by atoms with Crippen molar-refractivity contribution >= 4 is 27.5 Å². The van der Waals surface area contributed by atoms with E-state index in [1.54, 1.807) is 24.3 Å². The van der Waals surface area contributed by atoms with Crippen molar-refractivity contribution in [2.75, 3.05) is 0 Å². The molecule has 0 aliphatic carbocycles. The summed E-state index contributed by atoms with van der Waals surface area (Å²) >= 11 is 9.25. The first-order chi connectivity index (χ1) is 8.61. The second-order valence-corrected chi connectivity index (χ2v) is 4.84. The zero-order valence-corrected chi connectivity index (χ0v) is 12.1. The number of rotatable bonds is 3. The van der Waals surface area contributed by atoms with Crippen LogP contribution < -0.4 is 4.74 Å². The van der Waals surface area contributed by atoms with Gasteiger partial charge >= 0.3 is 0 Å². The van der Waals surface area contributed by atoms with Crippen LogP contribution in [-0.2, 0) is 5.33 Å². The summed E-state index contributed by atoms with van der Waals surface area (Å²) in [5.41, 5.74) is 1.66. The van der Waals surface area contributed by atoms with Crippen LogP contribution in [0.15, 0.2) is 36.4 Å². The van der Waals surface area contributed by atoms with Gasteiger partial charge in [0.05, 0.1) is 0 Å². The van der Waals surface area contributed by atoms with Crippen LogP contribution in [-0.4, -0.2) is 0 Å². The topological polar surface area (TPSA) is 9.23 Å². The number of halogens is 3. The van der Waals surface area contributed by atoms with Crippen molar-refractivity contribution in [3.05, 3.63) is 58.4 Å². The molecule has 0 unspecified atom stereocenters. The second-order valence-electron chi connectivity index (χ2n) is 3.87. The molecule has 4 heteroatoms. The molecule has 0 bridgehead atoms. The van der Waals surface area contributed by atoms with E-state index in [4.69, 9.17) is 16.3 Å². The summed E-state index contributed by atoms with van der Waals surface area (Å²) in [6, 6.07) is 10.1. The van der Waals surface area contributed by atoms with E-state index in [1.165, 1.54) is 6.07 Å². The molecule has 0 saturated carbocycles. The first-order valence-electron chi connectivity index (χ1n) is 5.39. The molecule has 0 heterocycles. The normalized spacial score (nSPS) is 10.4. The molecule has 0 aromatic heterocycles. The number of aryl methyl sites for hydroxylation is 1. The van der Waals surface area contributed by atoms with Gasteiger partial charge in [0, 0.05) is 15.9 Å². The summed E-state index contributed by atoms with van der Waals surface area (Å²) in [6.07, 6.45) is 0. The average Bonchev–Trinajstić information content (AvgIpc) is 2.36. The highest BCUT2D eigenvalue weighted by atomic mass is 79.9. The zero-order chi connectivity index (χ0) is 13.1. The fraction of sp³-hybridized carbons (Fsp3) is 0.143. The van der Waals surface area contributed by atoms with Gasteiger partial charge in [0.2, 0.25) is 0 Å². The van der Waals surface area contributed by atoms with Crippen LogP contribution in [0.25, 0.3) is 0 Å². The van der Waals surface area contributed by atoms with Crippen LogP contribution >= 0.6 is 27.5 Å². The Kier molecular flexibility index (Phi) is 4.25. The summed E-state index contributed by atoms with van der Waals surface area (Å²) < 4.78 is 19.3. The molecule has 2 aromatic carbocycles. The quantitative estimate of drug-likeness (QED) is 0.678. The lowest BCUT2D eigenvalue weighted by atomic mass is 10.2. The molecule has 2 rings (SSSR count). The van der Waals surface area contributed by atoms with Crippen molar-refractivity contribution in [1.82, 2.24) is 0 Å². The Morgan fingerprint density at radius 3 is 2.72 bits per heavy atom. The first kappa shape index (κ1) is 13.4. The van der Waals surface area contributed by atoms with Gasteiger partial charge in [-0.05, 0) is 36.8 Å². The Bertz CT molecular complexity index is 572. The third-order valence-corrected chi connectivity index (χ3v) is 3.57. The van der Waals surface area contributed by atoms with Gasteiger partial charge in [0.25, 0.3) is 0 Å². The maximum Gasteiger partial charge on any atom is 0.167 e. The van der Waals surface area contributed by atoms with Crippen LogP contribution in [0, 0.1) is 12.7 Å². The molecule has 0 amide bonds. The van der Waals surface area contributed by atoms with Gasteiger partial charge < -0.3 is 4.74 Å². The predicted molar refractivity (Wildman–Crippen MR) is 75.3 cm³/mol. The van der Waals surface area contributed by atoms with Crippen LogP contribution in [0.5, 0.6) is 11.5 Å². The summed E-state index contributed by atoms with van der Waals surface area (Å²) in [7, 11) is 0. The van der Waals surface area contributed by atoms with Gasteiger partial charge in [-0.2, -0.15) is 0 Å². The standard InChI is InChI=1S/C14H11BrClFO/c1-9-7-11(5-6-12(9)16)18-14-10(8-15)3-2-4-13(14)17/h2-7H,8H2,1H3. The lowest BCUT2D eigenvalue weighted by Crippen LogP contribution is -1.93. The van der Waals surface area contributed by atoms with Crippen molar-refractivity contribution in [2.24, 2.45) is 0 Å². The largest absolute Gasteiger partial charge is 0.454 e. The fourth-order valence-corrected chi connectivity index (χ4v) is 2.13. The van der Waals surface area contributed by atoms with E-state index in [0.29, 0.717) is 16.1 Å². The molecule has 0 spiro atoms. The summed E-state index contributed by atoms with van der Waals surface area (Å²) in [5.74, 6) is 0.444. The number of ether oxygens (including phenoxy) is 1. The van der Waals surface area contributed by atoms with E-state index >= 15 is 0 Å². The predicted octanol–water partition coefficient (Wildman–Crippen LogP) is 5.47. The number of hydrogen-bond acceptors (Lipinski definition) is 1. The maximum atomic E-state index is 13.7. The highest BCUT2D eigenvalue weighted by Crippen LogP contribution is 2.31. The molecular weight excluding hydrogens is 319 g/mol. The molecule has 0 radical (unpaired) electrons. The third kappa shape index (κ3) is 2.85. The number of hydrogen-bond donors (Lipinski definition) is 0. The van der Waals surface area contributed by atoms with Crippen molar-refractivity contribution < 1.29 is 9.13 Å². The van der Waals surface area contributed by atoms with Crippen LogP contribution in [0.4, 0.5) is 4.39 Å². The molecule has 1 nitrogen and oxygen atoms in total. The van der Waals surface area contributed by atoms with E-state index in [9.17, 15) is 4.39 Å². The summed E-state index contributed by atoms with van der Waals surface area (Å²) in [6.45, 7) is 1.88. The lowest BCUT2D eigenvalue weighted by Gasteiger charge is -2.11. The van der Waals surface area contributed by atoms with Crippen molar-refractivity contribution in [2.45, 2.75) is 12.3 Å². The Labute approximate surface area is 119 Å². The molecule has 0 aliphatic rings. The van der Waals surface area contributed by atoms with E-state index < -0.39 is 0 Å². The Morgan fingerprint density at radius 1 is 1.28 bits per heavy atom. The number of alkyl halides is 1. The van der Waals surface area contributed by atoms with E-state index in [2.05, 4.69) is 15.9 Å². The first-order valence-corrected chi connectivity index (χ1v) is 6.89. The lowest BCUT2D eigenvalue weighted by molar-refractivity contribution is 0.438. The number of benzene rings is 2. The molecule has 0 fully saturated rings. The van der Waals surface area contributed by atoms with Crippen LogP contribution in [0.1, 0.15) is 11.1 Å². The SMILES string of the molecule is Cc1cc(Oc2c(F)cccc2CBr)ccc1Cl. The Hall–Kier alpha value is -1.06. The van der Waals surface area contributed by atoms with Crippen molar-refractivity contribution in [3.8, 4) is 11.5 Å². The smallest absolute Gasteiger partial charge is 0.167 e. The van der Waals surface area contributed by atoms with Crippen LogP contribution in [0.3, 0.4) is 0 Å². The minimum absolute atomic E-state index is 0.246. The number of para-hydroxylation sites is 1.